The molecule has 0 fully saturated rings. The van der Waals surface area contributed by atoms with Gasteiger partial charge in [0.15, 0.2) is 0 Å². The molecule has 0 aliphatic carbocycles. The number of urea groups is 1. The van der Waals surface area contributed by atoms with E-state index in [2.05, 4.69) is 0 Å². The molecule has 0 aromatic heterocycles. The number of nitrogens with two attached hydrogens (primary N) is 1. The lowest BCUT2D eigenvalue weighted by Gasteiger charge is -2.15. The molecule has 2 amide bonds. The lowest BCUT2D eigenvalue weighted by molar-refractivity contribution is -0.138. The summed E-state index contributed by atoms with van der Waals surface area (Å²) < 4.78 is 0. The minimum Gasteiger partial charge on any atom is -0.481 e. The van der Waals surface area contributed by atoms with Crippen molar-refractivity contribution in [3.63, 3.8) is 0 Å². The Kier molecular flexibility index (Phi) is 3.50. The smallest absolute Gasteiger partial charge is 0.318 e. The first kappa shape index (κ1) is 12.0. The zero-order chi connectivity index (χ0) is 12.3. The number of hydrogen-bond donors (Lipinski definition) is 2. The third-order valence-electron chi connectivity index (χ3n) is 2.48. The molecule has 1 rings (SSSR count). The second-order valence-corrected chi connectivity index (χ2v) is 3.55. The molecule has 16 heavy (non-hydrogen) atoms. The molecule has 1 aromatic carbocycles. The predicted molar refractivity (Wildman–Crippen MR) is 60.5 cm³/mol. The van der Waals surface area contributed by atoms with Crippen LogP contribution in [0.5, 0.6) is 0 Å². The van der Waals surface area contributed by atoms with E-state index in [-0.39, 0.29) is 0 Å². The number of rotatable bonds is 3. The zero-order valence-electron chi connectivity index (χ0n) is 9.18. The summed E-state index contributed by atoms with van der Waals surface area (Å²) in [5.41, 5.74) is 6.43. The van der Waals surface area contributed by atoms with Crippen molar-refractivity contribution in [3.05, 3.63) is 29.8 Å². The quantitative estimate of drug-likeness (QED) is 0.810. The van der Waals surface area contributed by atoms with Gasteiger partial charge in [0.2, 0.25) is 0 Å². The summed E-state index contributed by atoms with van der Waals surface area (Å²) in [7, 11) is 1.55. The number of amides is 2. The van der Waals surface area contributed by atoms with Crippen LogP contribution in [0.2, 0.25) is 0 Å². The van der Waals surface area contributed by atoms with E-state index in [1.54, 1.807) is 38.2 Å². The van der Waals surface area contributed by atoms with Crippen LogP contribution in [0.3, 0.4) is 0 Å². The van der Waals surface area contributed by atoms with Gasteiger partial charge in [-0.05, 0) is 24.6 Å². The molecule has 0 bridgehead atoms. The Bertz CT molecular complexity index is 361. The normalized spacial score (nSPS) is 11.9. The number of carbonyl (C=O) groups is 2. The average Bonchev–Trinajstić information content (AvgIpc) is 2.27. The van der Waals surface area contributed by atoms with E-state index >= 15 is 0 Å². The van der Waals surface area contributed by atoms with E-state index in [4.69, 9.17) is 10.8 Å². The van der Waals surface area contributed by atoms with Gasteiger partial charge in [0, 0.05) is 12.7 Å². The van der Waals surface area contributed by atoms with Crippen molar-refractivity contribution in [2.75, 3.05) is 11.9 Å². The van der Waals surface area contributed by atoms with Crippen LogP contribution < -0.4 is 10.6 Å². The van der Waals surface area contributed by atoms with Crippen molar-refractivity contribution in [2.24, 2.45) is 5.73 Å². The Hall–Kier alpha value is -2.04. The standard InChI is InChI=1S/C11H14N2O3/c1-7(10(14)15)8-3-5-9(6-4-8)13(2)11(12)16/h3-7H,1-2H3,(H2,12,16)(H,14,15). The van der Waals surface area contributed by atoms with E-state index in [1.165, 1.54) is 4.90 Å². The number of nitrogens with zero attached hydrogens (tertiary/aromatic N) is 1. The van der Waals surface area contributed by atoms with Crippen LogP contribution in [-0.4, -0.2) is 24.2 Å². The third kappa shape index (κ3) is 2.50. The number of carboxylic acid groups (broad SMARTS) is 1. The van der Waals surface area contributed by atoms with Crippen LogP contribution in [0.25, 0.3) is 0 Å². The Morgan fingerprint density at radius 3 is 2.19 bits per heavy atom. The largest absolute Gasteiger partial charge is 0.481 e. The predicted octanol–water partition coefficient (Wildman–Crippen LogP) is 1.39. The first-order valence-corrected chi connectivity index (χ1v) is 4.79. The van der Waals surface area contributed by atoms with E-state index in [0.29, 0.717) is 11.3 Å². The van der Waals surface area contributed by atoms with Crippen LogP contribution in [0.1, 0.15) is 18.4 Å². The molecule has 1 atom stereocenters. The topological polar surface area (TPSA) is 83.6 Å². The van der Waals surface area contributed by atoms with Gasteiger partial charge in [-0.15, -0.1) is 0 Å². The summed E-state index contributed by atoms with van der Waals surface area (Å²) in [5.74, 6) is -1.44. The SMILES string of the molecule is CC(C(=O)O)c1ccc(N(C)C(N)=O)cc1. The number of benzene rings is 1. The Morgan fingerprint density at radius 2 is 1.81 bits per heavy atom. The van der Waals surface area contributed by atoms with E-state index in [0.717, 1.165) is 0 Å². The average molecular weight is 222 g/mol. The minimum atomic E-state index is -0.879. The first-order chi connectivity index (χ1) is 7.43. The van der Waals surface area contributed by atoms with Crippen LogP contribution in [-0.2, 0) is 4.79 Å². The third-order valence-corrected chi connectivity index (χ3v) is 2.48. The molecule has 0 heterocycles. The summed E-state index contributed by atoms with van der Waals surface area (Å²) in [6.45, 7) is 1.61. The van der Waals surface area contributed by atoms with Gasteiger partial charge in [0.05, 0.1) is 5.92 Å². The summed E-state index contributed by atoms with van der Waals surface area (Å²) in [4.78, 5) is 22.9. The molecule has 0 radical (unpaired) electrons. The van der Waals surface area contributed by atoms with Crippen LogP contribution in [0.15, 0.2) is 24.3 Å². The second kappa shape index (κ2) is 4.65. The molecule has 86 valence electrons. The first-order valence-electron chi connectivity index (χ1n) is 4.79. The molecule has 1 unspecified atom stereocenters. The van der Waals surface area contributed by atoms with Gasteiger partial charge in [-0.1, -0.05) is 12.1 Å². The molecular weight excluding hydrogens is 208 g/mol. The van der Waals surface area contributed by atoms with Gasteiger partial charge >= 0.3 is 12.0 Å². The highest BCUT2D eigenvalue weighted by Gasteiger charge is 2.14. The fourth-order valence-corrected chi connectivity index (χ4v) is 1.26. The summed E-state index contributed by atoms with van der Waals surface area (Å²) in [6, 6.07) is 6.12. The highest BCUT2D eigenvalue weighted by atomic mass is 16.4. The van der Waals surface area contributed by atoms with Gasteiger partial charge in [-0.2, -0.15) is 0 Å². The number of anilines is 1. The maximum atomic E-state index is 10.9. The summed E-state index contributed by atoms with van der Waals surface area (Å²) in [5, 5.41) is 8.82. The molecule has 0 aliphatic rings. The molecule has 1 aromatic rings. The fraction of sp³-hybridized carbons (Fsp3) is 0.273. The lowest BCUT2D eigenvalue weighted by Crippen LogP contribution is -2.31. The Balaban J connectivity index is 2.91. The summed E-state index contributed by atoms with van der Waals surface area (Å²) >= 11 is 0. The maximum absolute atomic E-state index is 10.9. The molecule has 0 spiro atoms. The van der Waals surface area contributed by atoms with Gasteiger partial charge in [0.1, 0.15) is 0 Å². The number of aliphatic carboxylic acids is 1. The number of carboxylic acids is 1. The molecule has 0 saturated heterocycles. The lowest BCUT2D eigenvalue weighted by atomic mass is 10.0. The van der Waals surface area contributed by atoms with Crippen molar-refractivity contribution in [1.82, 2.24) is 0 Å². The molecule has 3 N–H and O–H groups in total. The molecule has 0 saturated carbocycles. The number of primary amides is 1. The number of hydrogen-bond acceptors (Lipinski definition) is 2. The Morgan fingerprint density at radius 1 is 1.31 bits per heavy atom. The van der Waals surface area contributed by atoms with E-state index < -0.39 is 17.9 Å². The van der Waals surface area contributed by atoms with Crippen LogP contribution in [0.4, 0.5) is 10.5 Å². The Labute approximate surface area is 93.5 Å². The number of carbonyl (C=O) groups excluding carboxylic acids is 1. The van der Waals surface area contributed by atoms with Crippen molar-refractivity contribution in [2.45, 2.75) is 12.8 Å². The van der Waals surface area contributed by atoms with Crippen LogP contribution >= 0.6 is 0 Å². The zero-order valence-corrected chi connectivity index (χ0v) is 9.18. The maximum Gasteiger partial charge on any atom is 0.318 e. The van der Waals surface area contributed by atoms with Crippen molar-refractivity contribution < 1.29 is 14.7 Å². The van der Waals surface area contributed by atoms with Gasteiger partial charge in [0.25, 0.3) is 0 Å². The van der Waals surface area contributed by atoms with Crippen LogP contribution in [0, 0.1) is 0 Å². The monoisotopic (exact) mass is 222 g/mol. The van der Waals surface area contributed by atoms with Crippen molar-refractivity contribution >= 4 is 17.7 Å². The highest BCUT2D eigenvalue weighted by Crippen LogP contribution is 2.19. The molecule has 5 heteroatoms. The molecule has 5 nitrogen and oxygen atoms in total. The van der Waals surface area contributed by atoms with Gasteiger partial charge in [-0.25, -0.2) is 4.79 Å². The van der Waals surface area contributed by atoms with Crippen molar-refractivity contribution in [1.29, 1.82) is 0 Å². The van der Waals surface area contributed by atoms with E-state index in [1.807, 2.05) is 0 Å². The van der Waals surface area contributed by atoms with E-state index in [9.17, 15) is 9.59 Å². The second-order valence-electron chi connectivity index (χ2n) is 3.55. The minimum absolute atomic E-state index is 0.556. The van der Waals surface area contributed by atoms with Gasteiger partial charge in [-0.3, -0.25) is 9.69 Å². The van der Waals surface area contributed by atoms with Gasteiger partial charge < -0.3 is 10.8 Å². The van der Waals surface area contributed by atoms with Crippen molar-refractivity contribution in [3.8, 4) is 0 Å². The molecule has 0 aliphatic heterocycles. The fourth-order valence-electron chi connectivity index (χ4n) is 1.26. The summed E-state index contributed by atoms with van der Waals surface area (Å²) in [6.07, 6.45) is 0. The molecular formula is C11H14N2O3. The highest BCUT2D eigenvalue weighted by molar-refractivity contribution is 5.90.